The van der Waals surface area contributed by atoms with Crippen LogP contribution in [0.5, 0.6) is 5.75 Å². The fourth-order valence-corrected chi connectivity index (χ4v) is 3.77. The van der Waals surface area contributed by atoms with Crippen molar-refractivity contribution in [1.29, 1.82) is 0 Å². The van der Waals surface area contributed by atoms with Crippen molar-refractivity contribution in [2.24, 2.45) is 4.99 Å². The number of carbonyl (C=O) groups is 1. The summed E-state index contributed by atoms with van der Waals surface area (Å²) in [6, 6.07) is 5.70. The maximum Gasteiger partial charge on any atom is 0.236 e. The summed E-state index contributed by atoms with van der Waals surface area (Å²) >= 11 is 0. The molecular formula is C22H34FN5O3. The van der Waals surface area contributed by atoms with E-state index < -0.39 is 6.10 Å². The molecule has 2 fully saturated rings. The first-order valence-corrected chi connectivity index (χ1v) is 11.1. The fraction of sp³-hybridized carbons (Fsp3) is 0.636. The van der Waals surface area contributed by atoms with Crippen molar-refractivity contribution >= 4 is 11.9 Å². The number of aliphatic hydroxyl groups is 1. The van der Waals surface area contributed by atoms with Crippen molar-refractivity contribution in [3.05, 3.63) is 30.1 Å². The molecule has 2 heterocycles. The second kappa shape index (κ2) is 11.9. The summed E-state index contributed by atoms with van der Waals surface area (Å²) in [6.07, 6.45) is 1.46. The van der Waals surface area contributed by atoms with Gasteiger partial charge in [0, 0.05) is 45.8 Å². The molecule has 2 aliphatic rings. The Morgan fingerprint density at radius 1 is 1.13 bits per heavy atom. The van der Waals surface area contributed by atoms with Crippen molar-refractivity contribution in [1.82, 2.24) is 20.0 Å². The molecule has 0 aliphatic carbocycles. The number of likely N-dealkylation sites (tertiary alicyclic amines) is 1. The number of hydrogen-bond donors (Lipinski definition) is 2. The van der Waals surface area contributed by atoms with Gasteiger partial charge in [0.1, 0.15) is 24.3 Å². The van der Waals surface area contributed by atoms with Crippen LogP contribution in [0.3, 0.4) is 0 Å². The number of aliphatic hydroxyl groups excluding tert-OH is 1. The van der Waals surface area contributed by atoms with Crippen LogP contribution < -0.4 is 10.1 Å². The van der Waals surface area contributed by atoms with E-state index in [0.717, 1.165) is 64.6 Å². The van der Waals surface area contributed by atoms with Crippen LogP contribution in [0.1, 0.15) is 19.8 Å². The number of benzene rings is 1. The summed E-state index contributed by atoms with van der Waals surface area (Å²) in [5.74, 6) is 1.17. The van der Waals surface area contributed by atoms with E-state index in [1.54, 1.807) is 0 Å². The second-order valence-electron chi connectivity index (χ2n) is 7.96. The van der Waals surface area contributed by atoms with Gasteiger partial charge >= 0.3 is 0 Å². The van der Waals surface area contributed by atoms with E-state index in [9.17, 15) is 14.3 Å². The van der Waals surface area contributed by atoms with E-state index >= 15 is 0 Å². The molecule has 2 aliphatic heterocycles. The van der Waals surface area contributed by atoms with Crippen LogP contribution in [0.25, 0.3) is 0 Å². The van der Waals surface area contributed by atoms with Gasteiger partial charge < -0.3 is 25.0 Å². The number of carbonyl (C=O) groups excluding carboxylic acids is 1. The third kappa shape index (κ3) is 7.36. The third-order valence-electron chi connectivity index (χ3n) is 5.53. The van der Waals surface area contributed by atoms with E-state index in [0.29, 0.717) is 12.3 Å². The maximum atomic E-state index is 12.9. The number of amides is 1. The van der Waals surface area contributed by atoms with Crippen LogP contribution in [-0.2, 0) is 4.79 Å². The van der Waals surface area contributed by atoms with Gasteiger partial charge in [0.2, 0.25) is 5.91 Å². The van der Waals surface area contributed by atoms with E-state index in [-0.39, 0.29) is 24.9 Å². The molecule has 0 bridgehead atoms. The number of ether oxygens (including phenoxy) is 1. The average molecular weight is 436 g/mol. The van der Waals surface area contributed by atoms with E-state index in [4.69, 9.17) is 4.74 Å². The first-order valence-electron chi connectivity index (χ1n) is 11.1. The lowest BCUT2D eigenvalue weighted by Crippen LogP contribution is -2.54. The molecule has 0 saturated carbocycles. The van der Waals surface area contributed by atoms with Gasteiger partial charge in [-0.15, -0.1) is 0 Å². The molecule has 8 nitrogen and oxygen atoms in total. The van der Waals surface area contributed by atoms with Gasteiger partial charge in [0.25, 0.3) is 0 Å². The smallest absolute Gasteiger partial charge is 0.236 e. The van der Waals surface area contributed by atoms with Crippen LogP contribution in [0.15, 0.2) is 29.3 Å². The normalized spacial score (nSPS) is 18.9. The van der Waals surface area contributed by atoms with Crippen LogP contribution in [-0.4, -0.2) is 103 Å². The zero-order valence-electron chi connectivity index (χ0n) is 18.3. The van der Waals surface area contributed by atoms with Gasteiger partial charge in [0.05, 0.1) is 13.1 Å². The Kier molecular flexibility index (Phi) is 8.90. The Bertz CT molecular complexity index is 716. The van der Waals surface area contributed by atoms with E-state index in [2.05, 4.69) is 20.1 Å². The van der Waals surface area contributed by atoms with Crippen molar-refractivity contribution in [2.75, 3.05) is 65.5 Å². The van der Waals surface area contributed by atoms with Gasteiger partial charge in [-0.05, 0) is 44.0 Å². The average Bonchev–Trinajstić information content (AvgIpc) is 3.32. The number of nitrogens with one attached hydrogen (secondary N) is 1. The molecule has 0 spiro atoms. The van der Waals surface area contributed by atoms with Crippen molar-refractivity contribution in [2.45, 2.75) is 25.9 Å². The Hall–Kier alpha value is -2.39. The number of hydrogen-bond acceptors (Lipinski definition) is 5. The Balaban J connectivity index is 1.43. The highest BCUT2D eigenvalue weighted by Crippen LogP contribution is 2.12. The Morgan fingerprint density at radius 3 is 2.45 bits per heavy atom. The highest BCUT2D eigenvalue weighted by Gasteiger charge is 2.24. The summed E-state index contributed by atoms with van der Waals surface area (Å²) in [5, 5.41) is 13.5. The van der Waals surface area contributed by atoms with Crippen LogP contribution in [0, 0.1) is 5.82 Å². The van der Waals surface area contributed by atoms with Gasteiger partial charge in [-0.1, -0.05) is 0 Å². The Morgan fingerprint density at radius 2 is 1.81 bits per heavy atom. The number of guanidine groups is 1. The molecule has 1 amide bonds. The minimum absolute atomic E-state index is 0.0843. The second-order valence-corrected chi connectivity index (χ2v) is 7.96. The summed E-state index contributed by atoms with van der Waals surface area (Å²) in [6.45, 7) is 8.47. The summed E-state index contributed by atoms with van der Waals surface area (Å²) in [4.78, 5) is 23.3. The molecule has 3 rings (SSSR count). The quantitative estimate of drug-likeness (QED) is 0.464. The van der Waals surface area contributed by atoms with Crippen LogP contribution in [0.2, 0.25) is 0 Å². The van der Waals surface area contributed by atoms with E-state index in [1.807, 2.05) is 11.8 Å². The molecule has 31 heavy (non-hydrogen) atoms. The zero-order chi connectivity index (χ0) is 22.1. The number of nitrogens with zero attached hydrogens (tertiary/aromatic N) is 4. The predicted octanol–water partition coefficient (Wildman–Crippen LogP) is 0.771. The summed E-state index contributed by atoms with van der Waals surface area (Å²) in [7, 11) is 0. The molecule has 2 N–H and O–H groups in total. The minimum Gasteiger partial charge on any atom is -0.491 e. The lowest BCUT2D eigenvalue weighted by atomic mass is 10.3. The first kappa shape index (κ1) is 23.3. The molecule has 1 aromatic rings. The highest BCUT2D eigenvalue weighted by molar-refractivity contribution is 5.80. The first-order chi connectivity index (χ1) is 15.0. The third-order valence-corrected chi connectivity index (χ3v) is 5.53. The summed E-state index contributed by atoms with van der Waals surface area (Å²) in [5.41, 5.74) is 0. The lowest BCUT2D eigenvalue weighted by molar-refractivity contribution is -0.131. The van der Waals surface area contributed by atoms with Crippen LogP contribution >= 0.6 is 0 Å². The highest BCUT2D eigenvalue weighted by atomic mass is 19.1. The van der Waals surface area contributed by atoms with Crippen LogP contribution in [0.4, 0.5) is 4.39 Å². The monoisotopic (exact) mass is 435 g/mol. The maximum absolute atomic E-state index is 12.9. The minimum atomic E-state index is -0.766. The molecule has 0 radical (unpaired) electrons. The Labute approximate surface area is 183 Å². The zero-order valence-corrected chi connectivity index (χ0v) is 18.3. The molecule has 2 saturated heterocycles. The van der Waals surface area contributed by atoms with Gasteiger partial charge in [0.15, 0.2) is 5.96 Å². The molecule has 0 aromatic heterocycles. The van der Waals surface area contributed by atoms with E-state index in [1.165, 1.54) is 24.3 Å². The van der Waals surface area contributed by atoms with Crippen molar-refractivity contribution < 1.29 is 19.0 Å². The van der Waals surface area contributed by atoms with Gasteiger partial charge in [-0.3, -0.25) is 14.7 Å². The number of rotatable bonds is 8. The van der Waals surface area contributed by atoms with Crippen molar-refractivity contribution in [3.8, 4) is 5.75 Å². The molecule has 1 atom stereocenters. The number of halogens is 1. The number of aliphatic imine (C=N–C) groups is 1. The predicted molar refractivity (Wildman–Crippen MR) is 118 cm³/mol. The SMILES string of the molecule is CCNC(=NCC(O)COc1ccc(F)cc1)N1CCN(CC(=O)N2CCCC2)CC1. The number of piperazine rings is 1. The molecule has 172 valence electrons. The molecular weight excluding hydrogens is 401 g/mol. The lowest BCUT2D eigenvalue weighted by Gasteiger charge is -2.36. The topological polar surface area (TPSA) is 80.6 Å². The van der Waals surface area contributed by atoms with Gasteiger partial charge in [-0.2, -0.15) is 0 Å². The molecule has 1 aromatic carbocycles. The van der Waals surface area contributed by atoms with Crippen molar-refractivity contribution in [3.63, 3.8) is 0 Å². The fourth-order valence-electron chi connectivity index (χ4n) is 3.77. The molecule has 9 heteroatoms. The van der Waals surface area contributed by atoms with Gasteiger partial charge in [-0.25, -0.2) is 4.39 Å². The summed E-state index contributed by atoms with van der Waals surface area (Å²) < 4.78 is 18.4. The standard InChI is InChI=1S/C22H34FN5O3/c1-2-24-22(25-15-19(29)17-31-20-7-5-18(23)6-8-20)28-13-11-26(12-14-28)16-21(30)27-9-3-4-10-27/h5-8,19,29H,2-4,9-17H2,1H3,(H,24,25). The largest absolute Gasteiger partial charge is 0.491 e. The molecule has 1 unspecified atom stereocenters.